The van der Waals surface area contributed by atoms with Crippen molar-refractivity contribution >= 4 is 5.91 Å². The Bertz CT molecular complexity index is 330. The molecule has 0 saturated heterocycles. The van der Waals surface area contributed by atoms with E-state index >= 15 is 0 Å². The molecule has 0 aliphatic rings. The predicted octanol–water partition coefficient (Wildman–Crippen LogP) is 1.01. The molecule has 0 unspecified atom stereocenters. The van der Waals surface area contributed by atoms with Crippen LogP contribution in [0.3, 0.4) is 0 Å². The van der Waals surface area contributed by atoms with E-state index in [1.54, 1.807) is 11.9 Å². The SMILES string of the molecule is CNC(C)(C)C(=O)N(C)CCc1cc[nH]c1. The Labute approximate surface area is 97.0 Å². The number of carbonyl (C=O) groups is 1. The zero-order valence-corrected chi connectivity index (χ0v) is 10.5. The minimum Gasteiger partial charge on any atom is -0.367 e. The first-order valence-corrected chi connectivity index (χ1v) is 5.53. The zero-order valence-electron chi connectivity index (χ0n) is 10.5. The summed E-state index contributed by atoms with van der Waals surface area (Å²) in [6.07, 6.45) is 4.74. The predicted molar refractivity (Wildman–Crippen MR) is 65.3 cm³/mol. The lowest BCUT2D eigenvalue weighted by Crippen LogP contribution is -2.51. The van der Waals surface area contributed by atoms with Gasteiger partial charge in [-0.25, -0.2) is 0 Å². The second-order valence-electron chi connectivity index (χ2n) is 4.57. The van der Waals surface area contributed by atoms with Gasteiger partial charge in [0, 0.05) is 26.0 Å². The van der Waals surface area contributed by atoms with Gasteiger partial charge in [0.25, 0.3) is 0 Å². The van der Waals surface area contributed by atoms with E-state index in [2.05, 4.69) is 10.3 Å². The van der Waals surface area contributed by atoms with Crippen molar-refractivity contribution in [3.63, 3.8) is 0 Å². The number of aromatic amines is 1. The number of H-pyrrole nitrogens is 1. The monoisotopic (exact) mass is 223 g/mol. The third-order valence-electron chi connectivity index (χ3n) is 2.90. The Morgan fingerprint density at radius 1 is 1.56 bits per heavy atom. The fourth-order valence-corrected chi connectivity index (χ4v) is 1.50. The van der Waals surface area contributed by atoms with Crippen molar-refractivity contribution in [2.24, 2.45) is 0 Å². The largest absolute Gasteiger partial charge is 0.367 e. The first-order valence-electron chi connectivity index (χ1n) is 5.53. The molecule has 0 aliphatic carbocycles. The number of carbonyl (C=O) groups excluding carboxylic acids is 1. The van der Waals surface area contributed by atoms with Gasteiger partial charge >= 0.3 is 0 Å². The van der Waals surface area contributed by atoms with Crippen LogP contribution in [0.15, 0.2) is 18.5 Å². The number of aromatic nitrogens is 1. The maximum absolute atomic E-state index is 12.0. The number of hydrogen-bond acceptors (Lipinski definition) is 2. The fraction of sp³-hybridized carbons (Fsp3) is 0.583. The van der Waals surface area contributed by atoms with Crippen molar-refractivity contribution in [1.29, 1.82) is 0 Å². The normalized spacial score (nSPS) is 11.5. The van der Waals surface area contributed by atoms with Crippen molar-refractivity contribution < 1.29 is 4.79 Å². The van der Waals surface area contributed by atoms with E-state index in [1.165, 1.54) is 5.56 Å². The standard InChI is InChI=1S/C12H21N3O/c1-12(2,13-3)11(16)15(4)8-6-10-5-7-14-9-10/h5,7,9,13-14H,6,8H2,1-4H3. The Balaban J connectivity index is 2.46. The molecule has 0 aromatic carbocycles. The number of amides is 1. The molecule has 4 nitrogen and oxygen atoms in total. The summed E-state index contributed by atoms with van der Waals surface area (Å²) in [4.78, 5) is 16.8. The smallest absolute Gasteiger partial charge is 0.242 e. The van der Waals surface area contributed by atoms with Gasteiger partial charge in [0.1, 0.15) is 0 Å². The molecule has 16 heavy (non-hydrogen) atoms. The molecule has 1 aromatic heterocycles. The van der Waals surface area contributed by atoms with Gasteiger partial charge in [0.2, 0.25) is 5.91 Å². The number of likely N-dealkylation sites (N-methyl/N-ethyl adjacent to an activating group) is 2. The molecular weight excluding hydrogens is 202 g/mol. The maximum atomic E-state index is 12.0. The van der Waals surface area contributed by atoms with E-state index in [0.29, 0.717) is 0 Å². The highest BCUT2D eigenvalue weighted by molar-refractivity contribution is 5.85. The molecule has 1 heterocycles. The van der Waals surface area contributed by atoms with E-state index < -0.39 is 5.54 Å². The van der Waals surface area contributed by atoms with Crippen LogP contribution in [0.25, 0.3) is 0 Å². The summed E-state index contributed by atoms with van der Waals surface area (Å²) in [5.41, 5.74) is 0.731. The molecule has 1 rings (SSSR count). The molecule has 2 N–H and O–H groups in total. The molecule has 1 aromatic rings. The molecule has 0 radical (unpaired) electrons. The summed E-state index contributed by atoms with van der Waals surface area (Å²) in [5, 5.41) is 3.02. The van der Waals surface area contributed by atoms with E-state index in [4.69, 9.17) is 0 Å². The first-order chi connectivity index (χ1) is 7.47. The van der Waals surface area contributed by atoms with Crippen LogP contribution in [-0.4, -0.2) is 42.0 Å². The Hall–Kier alpha value is -1.29. The van der Waals surface area contributed by atoms with Crippen molar-refractivity contribution in [2.75, 3.05) is 20.6 Å². The maximum Gasteiger partial charge on any atom is 0.242 e. The lowest BCUT2D eigenvalue weighted by molar-refractivity contribution is -0.135. The van der Waals surface area contributed by atoms with Crippen molar-refractivity contribution in [3.05, 3.63) is 24.0 Å². The number of nitrogens with zero attached hydrogens (tertiary/aromatic N) is 1. The Kier molecular flexibility index (Phi) is 4.12. The fourth-order valence-electron chi connectivity index (χ4n) is 1.50. The van der Waals surface area contributed by atoms with Gasteiger partial charge < -0.3 is 15.2 Å². The summed E-state index contributed by atoms with van der Waals surface area (Å²) in [7, 11) is 3.64. The highest BCUT2D eigenvalue weighted by Crippen LogP contribution is 2.07. The molecule has 0 atom stereocenters. The molecule has 0 fully saturated rings. The Morgan fingerprint density at radius 3 is 2.75 bits per heavy atom. The molecule has 90 valence electrons. The second-order valence-corrected chi connectivity index (χ2v) is 4.57. The van der Waals surface area contributed by atoms with Gasteiger partial charge in [-0.2, -0.15) is 0 Å². The van der Waals surface area contributed by atoms with Crippen LogP contribution in [0.2, 0.25) is 0 Å². The van der Waals surface area contributed by atoms with Crippen LogP contribution in [0, 0.1) is 0 Å². The van der Waals surface area contributed by atoms with E-state index in [9.17, 15) is 4.79 Å². The van der Waals surface area contributed by atoms with Crippen LogP contribution in [0.4, 0.5) is 0 Å². The highest BCUT2D eigenvalue weighted by Gasteiger charge is 2.27. The van der Waals surface area contributed by atoms with Gasteiger partial charge in [0.05, 0.1) is 5.54 Å². The van der Waals surface area contributed by atoms with Crippen LogP contribution in [0.1, 0.15) is 19.4 Å². The van der Waals surface area contributed by atoms with Crippen LogP contribution in [-0.2, 0) is 11.2 Å². The summed E-state index contributed by atoms with van der Waals surface area (Å²) in [5.74, 6) is 0.116. The van der Waals surface area contributed by atoms with Gasteiger partial charge in [-0.05, 0) is 38.9 Å². The lowest BCUT2D eigenvalue weighted by Gasteiger charge is -2.28. The van der Waals surface area contributed by atoms with Gasteiger partial charge in [-0.3, -0.25) is 4.79 Å². The average Bonchev–Trinajstić information content (AvgIpc) is 2.77. The van der Waals surface area contributed by atoms with Crippen LogP contribution >= 0.6 is 0 Å². The van der Waals surface area contributed by atoms with Gasteiger partial charge in [-0.1, -0.05) is 0 Å². The number of rotatable bonds is 5. The van der Waals surface area contributed by atoms with Crippen molar-refractivity contribution in [2.45, 2.75) is 25.8 Å². The summed E-state index contributed by atoms with van der Waals surface area (Å²) in [6.45, 7) is 4.52. The number of nitrogens with one attached hydrogen (secondary N) is 2. The number of hydrogen-bond donors (Lipinski definition) is 2. The molecule has 0 saturated carbocycles. The third-order valence-corrected chi connectivity index (χ3v) is 2.90. The molecule has 0 bridgehead atoms. The zero-order chi connectivity index (χ0) is 12.2. The molecule has 0 spiro atoms. The molecular formula is C12H21N3O. The van der Waals surface area contributed by atoms with Crippen molar-refractivity contribution in [1.82, 2.24) is 15.2 Å². The van der Waals surface area contributed by atoms with Crippen molar-refractivity contribution in [3.8, 4) is 0 Å². The average molecular weight is 223 g/mol. The first kappa shape index (κ1) is 12.8. The van der Waals surface area contributed by atoms with E-state index in [1.807, 2.05) is 39.4 Å². The quantitative estimate of drug-likeness (QED) is 0.783. The van der Waals surface area contributed by atoms with Crippen LogP contribution in [0.5, 0.6) is 0 Å². The topological polar surface area (TPSA) is 48.1 Å². The van der Waals surface area contributed by atoms with E-state index in [-0.39, 0.29) is 5.91 Å². The summed E-state index contributed by atoms with van der Waals surface area (Å²) < 4.78 is 0. The van der Waals surface area contributed by atoms with E-state index in [0.717, 1.165) is 13.0 Å². The third kappa shape index (κ3) is 3.10. The Morgan fingerprint density at radius 2 is 2.25 bits per heavy atom. The minimum atomic E-state index is -0.493. The second kappa shape index (κ2) is 5.16. The summed E-state index contributed by atoms with van der Waals surface area (Å²) >= 11 is 0. The lowest BCUT2D eigenvalue weighted by atomic mass is 10.0. The molecule has 4 heteroatoms. The molecule has 0 aliphatic heterocycles. The van der Waals surface area contributed by atoms with Crippen LogP contribution < -0.4 is 5.32 Å². The minimum absolute atomic E-state index is 0.116. The molecule has 1 amide bonds. The van der Waals surface area contributed by atoms with Gasteiger partial charge in [0.15, 0.2) is 0 Å². The summed E-state index contributed by atoms with van der Waals surface area (Å²) in [6, 6.07) is 2.03. The van der Waals surface area contributed by atoms with Gasteiger partial charge in [-0.15, -0.1) is 0 Å². The highest BCUT2D eigenvalue weighted by atomic mass is 16.2.